The van der Waals surface area contributed by atoms with Gasteiger partial charge in [0.2, 0.25) is 0 Å². The van der Waals surface area contributed by atoms with Gasteiger partial charge >= 0.3 is 16.1 Å². The number of hydrogen-bond acceptors (Lipinski definition) is 5. The van der Waals surface area contributed by atoms with Gasteiger partial charge in [-0.1, -0.05) is 58.8 Å². The molecule has 0 aliphatic carbocycles. The standard InChI is InChI=1S/C15H30O5S/c1-14(2)10-8-6-4-3-5-7-9-11-15(17)20-21(18,19)13-12-16/h14,16H,3-13H2,1-2H3. The summed E-state index contributed by atoms with van der Waals surface area (Å²) in [5.74, 6) is -0.478. The molecule has 0 fully saturated rings. The van der Waals surface area contributed by atoms with Crippen LogP contribution in [-0.4, -0.2) is 31.9 Å². The minimum Gasteiger partial charge on any atom is -0.395 e. The smallest absolute Gasteiger partial charge is 0.322 e. The summed E-state index contributed by atoms with van der Waals surface area (Å²) in [7, 11) is -3.90. The van der Waals surface area contributed by atoms with Gasteiger partial charge in [-0.15, -0.1) is 0 Å². The van der Waals surface area contributed by atoms with Gasteiger partial charge in [-0.05, 0) is 12.3 Å². The quantitative estimate of drug-likeness (QED) is 0.416. The average Bonchev–Trinajstić information content (AvgIpc) is 2.35. The van der Waals surface area contributed by atoms with Crippen LogP contribution in [0.4, 0.5) is 0 Å². The zero-order chi connectivity index (χ0) is 16.1. The highest BCUT2D eigenvalue weighted by atomic mass is 32.2. The minimum atomic E-state index is -3.90. The van der Waals surface area contributed by atoms with E-state index in [0.29, 0.717) is 6.42 Å². The highest BCUT2D eigenvalue weighted by Gasteiger charge is 2.15. The highest BCUT2D eigenvalue weighted by molar-refractivity contribution is 7.87. The molecular formula is C15H30O5S. The number of aliphatic hydroxyl groups is 1. The Morgan fingerprint density at radius 1 is 1.00 bits per heavy atom. The van der Waals surface area contributed by atoms with E-state index >= 15 is 0 Å². The molecule has 126 valence electrons. The summed E-state index contributed by atoms with van der Waals surface area (Å²) in [6.45, 7) is 3.94. The first-order chi connectivity index (χ1) is 9.87. The van der Waals surface area contributed by atoms with E-state index in [0.717, 1.165) is 25.2 Å². The predicted molar refractivity (Wildman–Crippen MR) is 83.4 cm³/mol. The molecule has 0 bridgehead atoms. The second-order valence-corrected chi connectivity index (χ2v) is 7.54. The van der Waals surface area contributed by atoms with Crippen LogP contribution >= 0.6 is 0 Å². The maximum absolute atomic E-state index is 11.3. The van der Waals surface area contributed by atoms with E-state index < -0.39 is 28.4 Å². The Morgan fingerprint density at radius 2 is 1.52 bits per heavy atom. The SMILES string of the molecule is CC(C)CCCCCCCCCC(=O)OS(=O)(=O)CCO. The first-order valence-corrected chi connectivity index (χ1v) is 9.51. The molecule has 1 N–H and O–H groups in total. The monoisotopic (exact) mass is 322 g/mol. The van der Waals surface area contributed by atoms with Crippen LogP contribution in [0, 0.1) is 5.92 Å². The normalized spacial score (nSPS) is 11.8. The molecule has 0 rings (SSSR count). The van der Waals surface area contributed by atoms with Crippen molar-refractivity contribution in [1.29, 1.82) is 0 Å². The van der Waals surface area contributed by atoms with Crippen molar-refractivity contribution in [3.63, 3.8) is 0 Å². The molecule has 0 aliphatic rings. The second kappa shape index (κ2) is 12.0. The Bertz CT molecular complexity index is 362. The molecule has 0 aromatic rings. The fourth-order valence-corrected chi connectivity index (χ4v) is 2.72. The molecule has 0 saturated carbocycles. The number of hydrogen-bond donors (Lipinski definition) is 1. The van der Waals surface area contributed by atoms with Crippen LogP contribution in [0.15, 0.2) is 0 Å². The van der Waals surface area contributed by atoms with Gasteiger partial charge in [0.05, 0.1) is 6.61 Å². The molecule has 0 aromatic heterocycles. The summed E-state index contributed by atoms with van der Waals surface area (Å²) in [5, 5.41) is 8.51. The minimum absolute atomic E-state index is 0.123. The van der Waals surface area contributed by atoms with Crippen molar-refractivity contribution in [2.45, 2.75) is 71.6 Å². The van der Waals surface area contributed by atoms with Gasteiger partial charge in [0.1, 0.15) is 5.75 Å². The molecule has 0 spiro atoms. The molecule has 0 radical (unpaired) electrons. The molecule has 0 aliphatic heterocycles. The molecule has 0 unspecified atom stereocenters. The van der Waals surface area contributed by atoms with Gasteiger partial charge in [-0.25, -0.2) is 0 Å². The molecule has 0 amide bonds. The van der Waals surface area contributed by atoms with E-state index in [2.05, 4.69) is 18.0 Å². The predicted octanol–water partition coefficient (Wildman–Crippen LogP) is 3.02. The van der Waals surface area contributed by atoms with Gasteiger partial charge in [-0.2, -0.15) is 8.42 Å². The summed E-state index contributed by atoms with van der Waals surface area (Å²) in [5.41, 5.74) is 0. The lowest BCUT2D eigenvalue weighted by Gasteiger charge is -2.05. The summed E-state index contributed by atoms with van der Waals surface area (Å²) >= 11 is 0. The Labute approximate surface area is 129 Å². The number of carbonyl (C=O) groups excluding carboxylic acids is 1. The molecule has 21 heavy (non-hydrogen) atoms. The van der Waals surface area contributed by atoms with Crippen molar-refractivity contribution in [3.8, 4) is 0 Å². The van der Waals surface area contributed by atoms with Crippen molar-refractivity contribution < 1.29 is 22.5 Å². The Balaban J connectivity index is 3.45. The van der Waals surface area contributed by atoms with Crippen molar-refractivity contribution in [1.82, 2.24) is 0 Å². The Morgan fingerprint density at radius 3 is 2.05 bits per heavy atom. The number of rotatable bonds is 13. The van der Waals surface area contributed by atoms with Crippen LogP contribution in [0.3, 0.4) is 0 Å². The van der Waals surface area contributed by atoms with E-state index in [4.69, 9.17) is 5.11 Å². The van der Waals surface area contributed by atoms with Crippen molar-refractivity contribution in [2.75, 3.05) is 12.4 Å². The summed E-state index contributed by atoms with van der Waals surface area (Å²) in [6.07, 6.45) is 8.98. The van der Waals surface area contributed by atoms with Crippen LogP contribution in [0.2, 0.25) is 0 Å². The maximum atomic E-state index is 11.3. The van der Waals surface area contributed by atoms with Crippen LogP contribution in [0.25, 0.3) is 0 Å². The molecule has 6 heteroatoms. The topological polar surface area (TPSA) is 80.7 Å². The van der Waals surface area contributed by atoms with Crippen LogP contribution in [0.5, 0.6) is 0 Å². The zero-order valence-corrected chi connectivity index (χ0v) is 14.2. The van der Waals surface area contributed by atoms with Gasteiger partial charge < -0.3 is 9.29 Å². The van der Waals surface area contributed by atoms with Gasteiger partial charge in [0.25, 0.3) is 0 Å². The fourth-order valence-electron chi connectivity index (χ4n) is 2.04. The van der Waals surface area contributed by atoms with Crippen molar-refractivity contribution >= 4 is 16.1 Å². The molecular weight excluding hydrogens is 292 g/mol. The van der Waals surface area contributed by atoms with E-state index in [1.165, 1.54) is 25.7 Å². The third-order valence-corrected chi connectivity index (χ3v) is 4.35. The van der Waals surface area contributed by atoms with E-state index in [9.17, 15) is 13.2 Å². The average molecular weight is 322 g/mol. The first-order valence-electron chi connectivity index (χ1n) is 7.93. The zero-order valence-electron chi connectivity index (χ0n) is 13.3. The number of aliphatic hydroxyl groups excluding tert-OH is 1. The number of carbonyl (C=O) groups is 1. The Kier molecular flexibility index (Phi) is 11.6. The fraction of sp³-hybridized carbons (Fsp3) is 0.933. The molecule has 0 saturated heterocycles. The largest absolute Gasteiger partial charge is 0.395 e. The van der Waals surface area contributed by atoms with Crippen LogP contribution in [0.1, 0.15) is 71.6 Å². The second-order valence-electron chi connectivity index (χ2n) is 5.85. The lowest BCUT2D eigenvalue weighted by Crippen LogP contribution is -2.17. The molecule has 5 nitrogen and oxygen atoms in total. The third kappa shape index (κ3) is 14.1. The van der Waals surface area contributed by atoms with Crippen molar-refractivity contribution in [3.05, 3.63) is 0 Å². The summed E-state index contributed by atoms with van der Waals surface area (Å²) in [4.78, 5) is 11.3. The Hall–Kier alpha value is -0.620. The van der Waals surface area contributed by atoms with Gasteiger partial charge in [-0.3, -0.25) is 4.79 Å². The van der Waals surface area contributed by atoms with Gasteiger partial charge in [0, 0.05) is 6.42 Å². The summed E-state index contributed by atoms with van der Waals surface area (Å²) < 4.78 is 26.6. The highest BCUT2D eigenvalue weighted by Crippen LogP contribution is 2.13. The maximum Gasteiger partial charge on any atom is 0.322 e. The molecule has 0 heterocycles. The first kappa shape index (κ1) is 20.4. The van der Waals surface area contributed by atoms with Crippen molar-refractivity contribution in [2.24, 2.45) is 5.92 Å². The van der Waals surface area contributed by atoms with Crippen LogP contribution in [-0.2, 0) is 19.1 Å². The lowest BCUT2D eigenvalue weighted by molar-refractivity contribution is -0.133. The lowest BCUT2D eigenvalue weighted by atomic mass is 10.0. The molecule has 0 atom stereocenters. The van der Waals surface area contributed by atoms with Gasteiger partial charge in [0.15, 0.2) is 0 Å². The van der Waals surface area contributed by atoms with E-state index in [1.807, 2.05) is 0 Å². The van der Waals surface area contributed by atoms with E-state index in [1.54, 1.807) is 0 Å². The number of unbranched alkanes of at least 4 members (excludes halogenated alkanes) is 6. The summed E-state index contributed by atoms with van der Waals surface area (Å²) in [6, 6.07) is 0. The van der Waals surface area contributed by atoms with E-state index in [-0.39, 0.29) is 6.42 Å². The third-order valence-electron chi connectivity index (χ3n) is 3.22. The molecule has 0 aromatic carbocycles. The van der Waals surface area contributed by atoms with Crippen LogP contribution < -0.4 is 0 Å².